The summed E-state index contributed by atoms with van der Waals surface area (Å²) in [6, 6.07) is 6.54. The summed E-state index contributed by atoms with van der Waals surface area (Å²) in [6.45, 7) is 4.45. The van der Waals surface area contributed by atoms with Gasteiger partial charge in [-0.3, -0.25) is 4.79 Å². The monoisotopic (exact) mass is 364 g/mol. The van der Waals surface area contributed by atoms with Crippen LogP contribution in [0, 0.1) is 23.2 Å². The summed E-state index contributed by atoms with van der Waals surface area (Å²) in [4.78, 5) is 13.6. The number of allylic oxidation sites excluding steroid dienone is 1. The summed E-state index contributed by atoms with van der Waals surface area (Å²) in [5.41, 5.74) is 4.57. The molecule has 0 radical (unpaired) electrons. The van der Waals surface area contributed by atoms with Crippen molar-refractivity contribution in [3.8, 4) is 0 Å². The molecular weight excluding hydrogens is 332 g/mol. The number of hydrogen-bond acceptors (Lipinski definition) is 3. The third-order valence-corrected chi connectivity index (χ3v) is 7.63. The Bertz CT molecular complexity index is 784. The number of hydrogen-bond donors (Lipinski definition) is 2. The van der Waals surface area contributed by atoms with Crippen LogP contribution >= 0.6 is 0 Å². The summed E-state index contributed by atoms with van der Waals surface area (Å²) >= 11 is 0. The highest BCUT2D eigenvalue weighted by molar-refractivity contribution is 6.01. The first kappa shape index (κ1) is 17.3. The second-order valence-electron chi connectivity index (χ2n) is 10.4. The predicted octanol–water partition coefficient (Wildman–Crippen LogP) is 4.78. The van der Waals surface area contributed by atoms with Gasteiger partial charge in [0, 0.05) is 41.0 Å². The lowest BCUT2D eigenvalue weighted by molar-refractivity contribution is -0.138. The normalized spacial score (nSPS) is 37.0. The maximum absolute atomic E-state index is 13.6. The van der Waals surface area contributed by atoms with Crippen LogP contribution in [-0.2, 0) is 11.2 Å². The van der Waals surface area contributed by atoms with Gasteiger partial charge in [-0.05, 0) is 94.2 Å². The van der Waals surface area contributed by atoms with Crippen LogP contribution in [-0.4, -0.2) is 18.4 Å². The molecule has 1 aromatic rings. The van der Waals surface area contributed by atoms with Crippen LogP contribution in [0.2, 0.25) is 0 Å². The fraction of sp³-hybridized carbons (Fsp3) is 0.625. The summed E-state index contributed by atoms with van der Waals surface area (Å²) in [7, 11) is 1.95. The minimum absolute atomic E-state index is 0.0260. The molecule has 4 bridgehead atoms. The summed E-state index contributed by atoms with van der Waals surface area (Å²) < 4.78 is 0. The molecule has 144 valence electrons. The van der Waals surface area contributed by atoms with E-state index in [0.29, 0.717) is 5.78 Å². The quantitative estimate of drug-likeness (QED) is 0.759. The van der Waals surface area contributed by atoms with Crippen molar-refractivity contribution < 1.29 is 4.79 Å². The van der Waals surface area contributed by atoms with E-state index >= 15 is 0 Å². The van der Waals surface area contributed by atoms with Crippen LogP contribution in [0.4, 0.5) is 5.69 Å². The van der Waals surface area contributed by atoms with Crippen LogP contribution in [0.5, 0.6) is 0 Å². The van der Waals surface area contributed by atoms with Crippen LogP contribution in [0.15, 0.2) is 24.3 Å². The summed E-state index contributed by atoms with van der Waals surface area (Å²) in [6.07, 6.45) is 10.5. The van der Waals surface area contributed by atoms with Crippen molar-refractivity contribution in [2.24, 2.45) is 23.2 Å². The van der Waals surface area contributed by atoms with Gasteiger partial charge < -0.3 is 10.6 Å². The van der Waals surface area contributed by atoms with Gasteiger partial charge >= 0.3 is 0 Å². The van der Waals surface area contributed by atoms with Crippen molar-refractivity contribution in [1.29, 1.82) is 0 Å². The molecule has 1 heterocycles. The van der Waals surface area contributed by atoms with E-state index in [-0.39, 0.29) is 11.0 Å². The van der Waals surface area contributed by atoms with Crippen molar-refractivity contribution in [2.45, 2.75) is 64.3 Å². The minimum Gasteiger partial charge on any atom is -0.388 e. The van der Waals surface area contributed by atoms with E-state index in [0.717, 1.165) is 54.8 Å². The summed E-state index contributed by atoms with van der Waals surface area (Å²) in [5, 5.41) is 6.92. The van der Waals surface area contributed by atoms with Crippen LogP contribution in [0.25, 0.3) is 5.70 Å². The molecule has 4 fully saturated rings. The van der Waals surface area contributed by atoms with Gasteiger partial charge in [-0.1, -0.05) is 6.07 Å². The number of ketones is 1. The van der Waals surface area contributed by atoms with Crippen molar-refractivity contribution in [1.82, 2.24) is 5.32 Å². The largest absolute Gasteiger partial charge is 0.388 e. The van der Waals surface area contributed by atoms with Gasteiger partial charge in [-0.15, -0.1) is 0 Å². The highest BCUT2D eigenvalue weighted by Crippen LogP contribution is 2.60. The van der Waals surface area contributed by atoms with E-state index in [2.05, 4.69) is 42.7 Å². The molecule has 1 aromatic carbocycles. The first-order valence-electron chi connectivity index (χ1n) is 10.7. The number of fused-ring (bicyclic) bond motifs is 1. The molecule has 0 amide bonds. The Morgan fingerprint density at radius 3 is 2.33 bits per heavy atom. The fourth-order valence-corrected chi connectivity index (χ4v) is 6.90. The van der Waals surface area contributed by atoms with Crippen molar-refractivity contribution in [3.63, 3.8) is 0 Å². The Morgan fingerprint density at radius 1 is 1.11 bits per heavy atom. The molecule has 27 heavy (non-hydrogen) atoms. The molecule has 5 aliphatic rings. The molecule has 0 spiro atoms. The molecule has 1 aliphatic heterocycles. The van der Waals surface area contributed by atoms with Crippen molar-refractivity contribution in [3.05, 3.63) is 35.4 Å². The van der Waals surface area contributed by atoms with Gasteiger partial charge in [0.15, 0.2) is 5.78 Å². The molecule has 4 saturated carbocycles. The molecule has 2 N–H and O–H groups in total. The number of carbonyl (C=O) groups is 1. The van der Waals surface area contributed by atoms with E-state index in [1.807, 2.05) is 13.1 Å². The lowest BCUT2D eigenvalue weighted by Crippen LogP contribution is -2.50. The number of carbonyl (C=O) groups excluding carboxylic acids is 1. The predicted molar refractivity (Wildman–Crippen MR) is 110 cm³/mol. The summed E-state index contributed by atoms with van der Waals surface area (Å²) in [5.74, 6) is 2.80. The number of anilines is 1. The molecule has 0 saturated heterocycles. The maximum atomic E-state index is 13.6. The molecule has 0 unspecified atom stereocenters. The SMILES string of the molecule is CNc1ccc2c(c1)/C(=C/C(=O)C13CC4CC(CC(C4)C1)C3)NC(C)(C)C2. The molecule has 4 aliphatic carbocycles. The number of rotatable bonds is 3. The highest BCUT2D eigenvalue weighted by Gasteiger charge is 2.54. The maximum Gasteiger partial charge on any atom is 0.163 e. The van der Waals surface area contributed by atoms with E-state index in [4.69, 9.17) is 0 Å². The van der Waals surface area contributed by atoms with E-state index in [1.165, 1.54) is 30.4 Å². The topological polar surface area (TPSA) is 41.1 Å². The van der Waals surface area contributed by atoms with Gasteiger partial charge in [0.1, 0.15) is 0 Å². The minimum atomic E-state index is -0.0637. The van der Waals surface area contributed by atoms with Gasteiger partial charge in [-0.2, -0.15) is 0 Å². The van der Waals surface area contributed by atoms with E-state index in [1.54, 1.807) is 0 Å². The third-order valence-electron chi connectivity index (χ3n) is 7.63. The fourth-order valence-electron chi connectivity index (χ4n) is 6.90. The van der Waals surface area contributed by atoms with Gasteiger partial charge in [0.25, 0.3) is 0 Å². The molecular formula is C24H32N2O. The standard InChI is InChI=1S/C24H32N2O/c1-23(2)14-18-4-5-19(25-3)9-20(18)21(26-23)10-22(27)24-11-15-6-16(12-24)8-17(7-15)13-24/h4-5,9-10,15-17,25-26H,6-8,11-14H2,1-3H3/b21-10-. The van der Waals surface area contributed by atoms with Crippen LogP contribution < -0.4 is 10.6 Å². The van der Waals surface area contributed by atoms with Gasteiger partial charge in [0.05, 0.1) is 0 Å². The average Bonchev–Trinajstić information content (AvgIpc) is 2.59. The van der Waals surface area contributed by atoms with Crippen LogP contribution in [0.3, 0.4) is 0 Å². The third kappa shape index (κ3) is 2.90. The molecule has 3 heteroatoms. The number of benzene rings is 1. The zero-order chi connectivity index (χ0) is 18.8. The first-order chi connectivity index (χ1) is 12.9. The Balaban J connectivity index is 1.52. The Hall–Kier alpha value is -1.77. The smallest absolute Gasteiger partial charge is 0.163 e. The molecule has 3 nitrogen and oxygen atoms in total. The van der Waals surface area contributed by atoms with Crippen molar-refractivity contribution >= 4 is 17.2 Å². The van der Waals surface area contributed by atoms with Crippen molar-refractivity contribution in [2.75, 3.05) is 12.4 Å². The lowest BCUT2D eigenvalue weighted by Gasteiger charge is -2.55. The molecule has 6 rings (SSSR count). The zero-order valence-electron chi connectivity index (χ0n) is 16.9. The van der Waals surface area contributed by atoms with Gasteiger partial charge in [0.2, 0.25) is 0 Å². The zero-order valence-corrected chi connectivity index (χ0v) is 16.9. The highest BCUT2D eigenvalue weighted by atomic mass is 16.1. The molecule has 0 atom stereocenters. The van der Waals surface area contributed by atoms with Gasteiger partial charge in [-0.25, -0.2) is 0 Å². The second kappa shape index (κ2) is 5.86. The van der Waals surface area contributed by atoms with E-state index in [9.17, 15) is 4.79 Å². The second-order valence-corrected chi connectivity index (χ2v) is 10.4. The Morgan fingerprint density at radius 2 is 1.74 bits per heavy atom. The lowest BCUT2D eigenvalue weighted by atomic mass is 9.48. The number of nitrogens with one attached hydrogen (secondary N) is 2. The first-order valence-corrected chi connectivity index (χ1v) is 10.7. The molecule has 0 aromatic heterocycles. The average molecular weight is 365 g/mol. The van der Waals surface area contributed by atoms with Crippen LogP contribution in [0.1, 0.15) is 63.5 Å². The Labute approximate surface area is 163 Å². The Kier molecular flexibility index (Phi) is 3.76. The van der Waals surface area contributed by atoms with E-state index < -0.39 is 0 Å².